The molecule has 1 aliphatic rings. The summed E-state index contributed by atoms with van der Waals surface area (Å²) < 4.78 is 0. The first-order valence-corrected chi connectivity index (χ1v) is 4.41. The molecule has 1 aliphatic carbocycles. The van der Waals surface area contributed by atoms with Crippen molar-refractivity contribution in [3.8, 4) is 6.07 Å². The minimum absolute atomic E-state index is 0.0997. The van der Waals surface area contributed by atoms with Crippen molar-refractivity contribution in [2.24, 2.45) is 5.41 Å². The second kappa shape index (κ2) is 3.06. The highest BCUT2D eigenvalue weighted by Gasteiger charge is 2.42. The maximum Gasteiger partial charge on any atom is 0.125 e. The van der Waals surface area contributed by atoms with Crippen LogP contribution in [-0.4, -0.2) is 11.5 Å². The van der Waals surface area contributed by atoms with Crippen LogP contribution in [0.2, 0.25) is 0 Å². The molecule has 66 valence electrons. The highest BCUT2D eigenvalue weighted by Crippen LogP contribution is 2.44. The van der Waals surface area contributed by atoms with Crippen LogP contribution >= 0.6 is 0 Å². The smallest absolute Gasteiger partial charge is 0.125 e. The van der Waals surface area contributed by atoms with E-state index in [4.69, 9.17) is 5.26 Å². The number of rotatable bonds is 3. The molecule has 0 unspecified atom stereocenters. The SMILES string of the molecule is N#CC1(CNc2ccccn2)CC1. The Kier molecular flexibility index (Phi) is 1.90. The van der Waals surface area contributed by atoms with Gasteiger partial charge in [0.15, 0.2) is 0 Å². The van der Waals surface area contributed by atoms with Crippen LogP contribution in [0.5, 0.6) is 0 Å². The monoisotopic (exact) mass is 173 g/mol. The van der Waals surface area contributed by atoms with Crippen molar-refractivity contribution in [1.29, 1.82) is 5.26 Å². The molecule has 0 aromatic carbocycles. The van der Waals surface area contributed by atoms with Gasteiger partial charge in [0.1, 0.15) is 5.82 Å². The van der Waals surface area contributed by atoms with Crippen LogP contribution in [0.1, 0.15) is 12.8 Å². The van der Waals surface area contributed by atoms with Gasteiger partial charge in [-0.25, -0.2) is 4.98 Å². The summed E-state index contributed by atoms with van der Waals surface area (Å²) >= 11 is 0. The molecular formula is C10H11N3. The summed E-state index contributed by atoms with van der Waals surface area (Å²) in [6.07, 6.45) is 3.78. The molecule has 0 bridgehead atoms. The van der Waals surface area contributed by atoms with E-state index >= 15 is 0 Å². The highest BCUT2D eigenvalue weighted by molar-refractivity contribution is 5.35. The highest BCUT2D eigenvalue weighted by atomic mass is 15.0. The third-order valence-electron chi connectivity index (χ3n) is 2.36. The number of pyridine rings is 1. The van der Waals surface area contributed by atoms with E-state index in [1.807, 2.05) is 18.2 Å². The van der Waals surface area contributed by atoms with Crippen molar-refractivity contribution in [3.63, 3.8) is 0 Å². The van der Waals surface area contributed by atoms with Crippen molar-refractivity contribution in [2.45, 2.75) is 12.8 Å². The van der Waals surface area contributed by atoms with E-state index in [-0.39, 0.29) is 5.41 Å². The second-order valence-corrected chi connectivity index (χ2v) is 3.46. The van der Waals surface area contributed by atoms with Crippen LogP contribution < -0.4 is 5.32 Å². The number of nitriles is 1. The Morgan fingerprint density at radius 3 is 2.92 bits per heavy atom. The molecule has 1 aromatic rings. The van der Waals surface area contributed by atoms with Crippen molar-refractivity contribution in [1.82, 2.24) is 4.98 Å². The van der Waals surface area contributed by atoms with Gasteiger partial charge in [-0.3, -0.25) is 0 Å². The van der Waals surface area contributed by atoms with E-state index in [0.717, 1.165) is 25.2 Å². The van der Waals surface area contributed by atoms with E-state index in [1.165, 1.54) is 0 Å². The molecule has 3 nitrogen and oxygen atoms in total. The molecule has 1 fully saturated rings. The molecule has 0 amide bonds. The Morgan fingerprint density at radius 1 is 1.54 bits per heavy atom. The molecule has 0 spiro atoms. The summed E-state index contributed by atoms with van der Waals surface area (Å²) in [5.74, 6) is 0.851. The second-order valence-electron chi connectivity index (χ2n) is 3.46. The van der Waals surface area contributed by atoms with Crippen LogP contribution in [0, 0.1) is 16.7 Å². The first-order chi connectivity index (χ1) is 6.35. The molecule has 0 radical (unpaired) electrons. The Hall–Kier alpha value is -1.56. The molecule has 3 heteroatoms. The van der Waals surface area contributed by atoms with Crippen LogP contribution in [0.15, 0.2) is 24.4 Å². The minimum Gasteiger partial charge on any atom is -0.368 e. The van der Waals surface area contributed by atoms with Crippen molar-refractivity contribution in [3.05, 3.63) is 24.4 Å². The lowest BCUT2D eigenvalue weighted by Gasteiger charge is -2.07. The number of anilines is 1. The zero-order valence-electron chi connectivity index (χ0n) is 7.33. The predicted molar refractivity (Wildman–Crippen MR) is 50.0 cm³/mol. The molecule has 1 heterocycles. The average molecular weight is 173 g/mol. The molecule has 0 saturated heterocycles. The Bertz CT molecular complexity index is 322. The van der Waals surface area contributed by atoms with Crippen molar-refractivity contribution < 1.29 is 0 Å². The van der Waals surface area contributed by atoms with Crippen LogP contribution in [0.3, 0.4) is 0 Å². The van der Waals surface area contributed by atoms with E-state index < -0.39 is 0 Å². The lowest BCUT2D eigenvalue weighted by atomic mass is 10.1. The Labute approximate surface area is 77.4 Å². The van der Waals surface area contributed by atoms with Gasteiger partial charge < -0.3 is 5.32 Å². The summed E-state index contributed by atoms with van der Waals surface area (Å²) in [5.41, 5.74) is -0.0997. The summed E-state index contributed by atoms with van der Waals surface area (Å²) in [6, 6.07) is 8.05. The predicted octanol–water partition coefficient (Wildman–Crippen LogP) is 1.80. The van der Waals surface area contributed by atoms with Crippen molar-refractivity contribution >= 4 is 5.82 Å². The first kappa shape index (κ1) is 8.06. The summed E-state index contributed by atoms with van der Waals surface area (Å²) in [7, 11) is 0. The summed E-state index contributed by atoms with van der Waals surface area (Å²) in [5, 5.41) is 12.0. The molecule has 1 N–H and O–H groups in total. The molecule has 0 atom stereocenters. The largest absolute Gasteiger partial charge is 0.368 e. The van der Waals surface area contributed by atoms with Crippen LogP contribution in [0.4, 0.5) is 5.82 Å². The molecule has 13 heavy (non-hydrogen) atoms. The van der Waals surface area contributed by atoms with Crippen LogP contribution in [-0.2, 0) is 0 Å². The zero-order valence-corrected chi connectivity index (χ0v) is 7.33. The topological polar surface area (TPSA) is 48.7 Å². The standard InChI is InChI=1S/C10H11N3/c11-7-10(4-5-10)8-13-9-3-1-2-6-12-9/h1-3,6H,4-5,8H2,(H,12,13). The maximum atomic E-state index is 8.82. The van der Waals surface area contributed by atoms with E-state index in [0.29, 0.717) is 0 Å². The number of aromatic nitrogens is 1. The van der Waals surface area contributed by atoms with Gasteiger partial charge in [0.2, 0.25) is 0 Å². The fourth-order valence-corrected chi connectivity index (χ4v) is 1.21. The van der Waals surface area contributed by atoms with E-state index in [2.05, 4.69) is 16.4 Å². The molecular weight excluding hydrogens is 162 g/mol. The minimum atomic E-state index is -0.0997. The number of nitrogens with zero attached hydrogens (tertiary/aromatic N) is 2. The summed E-state index contributed by atoms with van der Waals surface area (Å²) in [6.45, 7) is 0.723. The van der Waals surface area contributed by atoms with Gasteiger partial charge in [-0.05, 0) is 25.0 Å². The van der Waals surface area contributed by atoms with Gasteiger partial charge in [-0.2, -0.15) is 5.26 Å². The fourth-order valence-electron chi connectivity index (χ4n) is 1.21. The average Bonchev–Trinajstić information content (AvgIpc) is 2.97. The van der Waals surface area contributed by atoms with Gasteiger partial charge in [0.25, 0.3) is 0 Å². The number of hydrogen-bond acceptors (Lipinski definition) is 3. The van der Waals surface area contributed by atoms with Crippen molar-refractivity contribution in [2.75, 3.05) is 11.9 Å². The number of hydrogen-bond donors (Lipinski definition) is 1. The fraction of sp³-hybridized carbons (Fsp3) is 0.400. The van der Waals surface area contributed by atoms with Crippen LogP contribution in [0.25, 0.3) is 0 Å². The quantitative estimate of drug-likeness (QED) is 0.758. The molecule has 1 aromatic heterocycles. The Balaban J connectivity index is 1.91. The van der Waals surface area contributed by atoms with Gasteiger partial charge in [0.05, 0.1) is 11.5 Å². The maximum absolute atomic E-state index is 8.82. The molecule has 2 rings (SSSR count). The Morgan fingerprint density at radius 2 is 2.38 bits per heavy atom. The molecule has 0 aliphatic heterocycles. The lowest BCUT2D eigenvalue weighted by molar-refractivity contribution is 0.709. The lowest BCUT2D eigenvalue weighted by Crippen LogP contribution is -2.13. The normalized spacial score (nSPS) is 17.5. The summed E-state index contributed by atoms with van der Waals surface area (Å²) in [4.78, 5) is 4.12. The van der Waals surface area contributed by atoms with Gasteiger partial charge in [0, 0.05) is 12.7 Å². The number of nitrogens with one attached hydrogen (secondary N) is 1. The third-order valence-corrected chi connectivity index (χ3v) is 2.36. The third kappa shape index (κ3) is 1.78. The zero-order chi connectivity index (χ0) is 9.15. The van der Waals surface area contributed by atoms with E-state index in [9.17, 15) is 0 Å². The van der Waals surface area contributed by atoms with Gasteiger partial charge >= 0.3 is 0 Å². The van der Waals surface area contributed by atoms with E-state index in [1.54, 1.807) is 6.20 Å². The van der Waals surface area contributed by atoms with Gasteiger partial charge in [-0.1, -0.05) is 6.07 Å². The van der Waals surface area contributed by atoms with Gasteiger partial charge in [-0.15, -0.1) is 0 Å². The molecule has 1 saturated carbocycles. The first-order valence-electron chi connectivity index (χ1n) is 4.41.